The first-order chi connectivity index (χ1) is 6.99. The molecule has 0 spiro atoms. The molecular weight excluding hydrogens is 214 g/mol. The maximum Gasteiger partial charge on any atom is 0.504 e. The van der Waals surface area contributed by atoms with Gasteiger partial charge in [0.25, 0.3) is 5.88 Å². The van der Waals surface area contributed by atoms with Crippen molar-refractivity contribution in [1.82, 2.24) is 4.98 Å². The van der Waals surface area contributed by atoms with Crippen molar-refractivity contribution in [3.05, 3.63) is 17.8 Å². The van der Waals surface area contributed by atoms with Crippen LogP contribution in [0.4, 0.5) is 13.2 Å². The first kappa shape index (κ1) is 11.6. The van der Waals surface area contributed by atoms with E-state index in [-0.39, 0.29) is 11.6 Å². The Morgan fingerprint density at radius 2 is 2.13 bits per heavy atom. The summed E-state index contributed by atoms with van der Waals surface area (Å²) in [7, 11) is 0.485. The lowest BCUT2D eigenvalue weighted by atomic mass is 10.2. The van der Waals surface area contributed by atoms with Gasteiger partial charge in [-0.1, -0.05) is 0 Å². The van der Waals surface area contributed by atoms with Crippen molar-refractivity contribution in [2.45, 2.75) is 6.18 Å². The van der Waals surface area contributed by atoms with Crippen molar-refractivity contribution < 1.29 is 27.6 Å². The highest BCUT2D eigenvalue weighted by Gasteiger charge is 2.32. The van der Waals surface area contributed by atoms with Crippen LogP contribution in [-0.4, -0.2) is 24.8 Å². The quantitative estimate of drug-likeness (QED) is 0.765. The standard InChI is InChI=1S/C7H7BF3NO3/c1-14-6-5(15-8-13)2-4(3-12-6)7(9,10)11/h2-3,8,13H,1H3. The predicted molar refractivity (Wildman–Crippen MR) is 45.8 cm³/mol. The molecule has 0 aliphatic heterocycles. The highest BCUT2D eigenvalue weighted by molar-refractivity contribution is 6.17. The second-order valence-corrected chi connectivity index (χ2v) is 2.50. The van der Waals surface area contributed by atoms with Gasteiger partial charge in [-0.05, 0) is 6.07 Å². The molecule has 0 aromatic carbocycles. The molecule has 0 unspecified atom stereocenters. The lowest BCUT2D eigenvalue weighted by Crippen LogP contribution is -2.09. The van der Waals surface area contributed by atoms with Gasteiger partial charge in [0, 0.05) is 6.20 Å². The van der Waals surface area contributed by atoms with Crippen molar-refractivity contribution in [3.8, 4) is 11.6 Å². The van der Waals surface area contributed by atoms with E-state index in [1.165, 1.54) is 7.11 Å². The van der Waals surface area contributed by atoms with E-state index in [0.29, 0.717) is 12.3 Å². The van der Waals surface area contributed by atoms with E-state index in [2.05, 4.69) is 14.4 Å². The summed E-state index contributed by atoms with van der Waals surface area (Å²) in [6, 6.07) is 0.710. The van der Waals surface area contributed by atoms with Crippen LogP contribution in [0.5, 0.6) is 11.6 Å². The molecule has 15 heavy (non-hydrogen) atoms. The minimum atomic E-state index is -4.51. The van der Waals surface area contributed by atoms with Gasteiger partial charge in [0.05, 0.1) is 12.7 Å². The number of nitrogens with zero attached hydrogens (tertiary/aromatic N) is 1. The summed E-state index contributed by atoms with van der Waals surface area (Å²) in [5.41, 5.74) is -0.966. The van der Waals surface area contributed by atoms with Gasteiger partial charge >= 0.3 is 13.9 Å². The largest absolute Gasteiger partial charge is 0.535 e. The molecule has 82 valence electrons. The Balaban J connectivity index is 3.10. The average Bonchev–Trinajstić information content (AvgIpc) is 2.17. The van der Waals surface area contributed by atoms with Gasteiger partial charge in [-0.15, -0.1) is 0 Å². The summed E-state index contributed by atoms with van der Waals surface area (Å²) in [6.45, 7) is 0. The SMILES string of the molecule is COc1ncc(C(F)(F)F)cc1OBO. The van der Waals surface area contributed by atoms with Crippen LogP contribution < -0.4 is 9.39 Å². The van der Waals surface area contributed by atoms with E-state index in [9.17, 15) is 13.2 Å². The van der Waals surface area contributed by atoms with Gasteiger partial charge in [0.2, 0.25) is 0 Å². The second kappa shape index (κ2) is 4.39. The molecule has 0 radical (unpaired) electrons. The summed E-state index contributed by atoms with van der Waals surface area (Å²) in [6.07, 6.45) is -3.88. The number of rotatable bonds is 3. The van der Waals surface area contributed by atoms with Gasteiger partial charge < -0.3 is 14.4 Å². The van der Waals surface area contributed by atoms with Crippen LogP contribution in [0, 0.1) is 0 Å². The maximum atomic E-state index is 12.2. The zero-order chi connectivity index (χ0) is 11.5. The van der Waals surface area contributed by atoms with E-state index in [4.69, 9.17) is 5.02 Å². The highest BCUT2D eigenvalue weighted by Crippen LogP contribution is 2.34. The van der Waals surface area contributed by atoms with E-state index >= 15 is 0 Å². The van der Waals surface area contributed by atoms with Crippen LogP contribution in [-0.2, 0) is 6.18 Å². The summed E-state index contributed by atoms with van der Waals surface area (Å²) >= 11 is 0. The Bertz CT molecular complexity index is 345. The van der Waals surface area contributed by atoms with Crippen molar-refractivity contribution in [2.75, 3.05) is 7.11 Å². The summed E-state index contributed by atoms with van der Waals surface area (Å²) in [5.74, 6) is -0.369. The number of hydrogen-bond donors (Lipinski definition) is 1. The van der Waals surface area contributed by atoms with Crippen LogP contribution >= 0.6 is 0 Å². The van der Waals surface area contributed by atoms with Crippen LogP contribution in [0.2, 0.25) is 0 Å². The molecule has 1 aromatic heterocycles. The Hall–Kier alpha value is -1.44. The van der Waals surface area contributed by atoms with Crippen molar-refractivity contribution in [2.24, 2.45) is 0 Å². The molecule has 1 heterocycles. The molecule has 8 heteroatoms. The number of halogens is 3. The van der Waals surface area contributed by atoms with Crippen molar-refractivity contribution in [3.63, 3.8) is 0 Å². The summed E-state index contributed by atoms with van der Waals surface area (Å²) in [4.78, 5) is 3.40. The number of hydrogen-bond acceptors (Lipinski definition) is 4. The number of methoxy groups -OCH3 is 1. The zero-order valence-corrected chi connectivity index (χ0v) is 7.71. The fourth-order valence-electron chi connectivity index (χ4n) is 0.913. The third kappa shape index (κ3) is 2.75. The second-order valence-electron chi connectivity index (χ2n) is 2.50. The molecule has 0 saturated carbocycles. The van der Waals surface area contributed by atoms with E-state index in [0.717, 1.165) is 0 Å². The number of pyridine rings is 1. The van der Waals surface area contributed by atoms with E-state index in [1.807, 2.05) is 0 Å². The molecule has 0 bridgehead atoms. The number of ether oxygens (including phenoxy) is 1. The summed E-state index contributed by atoms with van der Waals surface area (Å²) in [5, 5.41) is 8.45. The maximum absolute atomic E-state index is 12.2. The van der Waals surface area contributed by atoms with Crippen LogP contribution in [0.1, 0.15) is 5.56 Å². The molecule has 0 aliphatic rings. The van der Waals surface area contributed by atoms with Crippen LogP contribution in [0.15, 0.2) is 12.3 Å². The molecular formula is C7H7BF3NO3. The lowest BCUT2D eigenvalue weighted by Gasteiger charge is -2.11. The van der Waals surface area contributed by atoms with Gasteiger partial charge in [-0.3, -0.25) is 0 Å². The minimum absolute atomic E-state index is 0.114. The smallest absolute Gasteiger partial charge is 0.504 e. The monoisotopic (exact) mass is 221 g/mol. The normalized spacial score (nSPS) is 11.0. The Kier molecular flexibility index (Phi) is 3.41. The number of alkyl halides is 3. The minimum Gasteiger partial charge on any atom is -0.535 e. The molecule has 1 rings (SSSR count). The molecule has 0 atom stereocenters. The third-order valence-electron chi connectivity index (χ3n) is 1.56. The molecule has 4 nitrogen and oxygen atoms in total. The molecule has 0 amide bonds. The average molecular weight is 221 g/mol. The third-order valence-corrected chi connectivity index (χ3v) is 1.56. The Morgan fingerprint density at radius 3 is 2.60 bits per heavy atom. The van der Waals surface area contributed by atoms with Gasteiger partial charge in [-0.25, -0.2) is 4.98 Å². The van der Waals surface area contributed by atoms with E-state index in [1.54, 1.807) is 0 Å². The Morgan fingerprint density at radius 1 is 1.47 bits per heavy atom. The van der Waals surface area contributed by atoms with Gasteiger partial charge in [0.1, 0.15) is 0 Å². The summed E-state index contributed by atoms with van der Waals surface area (Å²) < 4.78 is 45.9. The van der Waals surface area contributed by atoms with Gasteiger partial charge in [-0.2, -0.15) is 13.2 Å². The Labute approximate surface area is 84.0 Å². The highest BCUT2D eigenvalue weighted by atomic mass is 19.4. The van der Waals surface area contributed by atoms with Crippen LogP contribution in [0.3, 0.4) is 0 Å². The first-order valence-corrected chi connectivity index (χ1v) is 3.84. The zero-order valence-electron chi connectivity index (χ0n) is 7.71. The fraction of sp³-hybridized carbons (Fsp3) is 0.286. The molecule has 0 aliphatic carbocycles. The van der Waals surface area contributed by atoms with Gasteiger partial charge in [0.15, 0.2) is 5.75 Å². The lowest BCUT2D eigenvalue weighted by molar-refractivity contribution is -0.137. The topological polar surface area (TPSA) is 51.6 Å². The number of aromatic nitrogens is 1. The molecule has 1 aromatic rings. The molecule has 1 N–H and O–H groups in total. The van der Waals surface area contributed by atoms with Crippen molar-refractivity contribution in [1.29, 1.82) is 0 Å². The van der Waals surface area contributed by atoms with Crippen LogP contribution in [0.25, 0.3) is 0 Å². The predicted octanol–water partition coefficient (Wildman–Crippen LogP) is 0.747. The molecule has 0 fully saturated rings. The van der Waals surface area contributed by atoms with Crippen molar-refractivity contribution >= 4 is 7.69 Å². The van der Waals surface area contributed by atoms with E-state index < -0.39 is 19.4 Å². The first-order valence-electron chi connectivity index (χ1n) is 3.84. The fourth-order valence-corrected chi connectivity index (χ4v) is 0.913. The molecule has 0 saturated heterocycles.